The first kappa shape index (κ1) is 15.9. The normalized spacial score (nSPS) is 15.0. The lowest BCUT2D eigenvalue weighted by molar-refractivity contribution is -0.131. The van der Waals surface area contributed by atoms with Gasteiger partial charge in [-0.25, -0.2) is 0 Å². The summed E-state index contributed by atoms with van der Waals surface area (Å²) in [5.41, 5.74) is 1.14. The fourth-order valence-corrected chi connectivity index (χ4v) is 3.16. The number of halogens is 1. The Hall–Kier alpha value is -1.94. The summed E-state index contributed by atoms with van der Waals surface area (Å²) in [5.74, 6) is 0.267. The highest BCUT2D eigenvalue weighted by Crippen LogP contribution is 2.21. The van der Waals surface area contributed by atoms with E-state index in [0.717, 1.165) is 49.9 Å². The molecule has 1 aromatic carbocycles. The van der Waals surface area contributed by atoms with Crippen molar-refractivity contribution in [2.75, 3.05) is 31.1 Å². The summed E-state index contributed by atoms with van der Waals surface area (Å²) in [4.78, 5) is 16.6. The average Bonchev–Trinajstić information content (AvgIpc) is 3.08. The highest BCUT2D eigenvalue weighted by Gasteiger charge is 2.20. The van der Waals surface area contributed by atoms with E-state index in [2.05, 4.69) is 15.5 Å². The van der Waals surface area contributed by atoms with Crippen molar-refractivity contribution in [3.8, 4) is 0 Å². The van der Waals surface area contributed by atoms with Crippen molar-refractivity contribution < 1.29 is 4.79 Å². The first-order chi connectivity index (χ1) is 11.2. The molecule has 2 heterocycles. The molecule has 1 fully saturated rings. The van der Waals surface area contributed by atoms with Gasteiger partial charge < -0.3 is 14.4 Å². The number of piperazine rings is 1. The molecule has 0 saturated carbocycles. The van der Waals surface area contributed by atoms with E-state index < -0.39 is 0 Å². The maximum Gasteiger partial charge on any atom is 0.222 e. The molecule has 1 saturated heterocycles. The number of anilines is 1. The lowest BCUT2D eigenvalue weighted by Gasteiger charge is -2.36. The standard InChI is InChI=1S/C18H22ClN3O/c19-16-5-3-6-17(15-16)21-11-13-22(14-12-21)18(23)7-4-10-20-8-1-2-9-20/h1-3,5-6,8-9,15H,4,7,10-14H2. The number of benzene rings is 1. The van der Waals surface area contributed by atoms with Gasteiger partial charge in [-0.1, -0.05) is 17.7 Å². The van der Waals surface area contributed by atoms with Gasteiger partial charge in [0.1, 0.15) is 0 Å². The number of hydrogen-bond acceptors (Lipinski definition) is 2. The van der Waals surface area contributed by atoms with E-state index in [1.165, 1.54) is 0 Å². The lowest BCUT2D eigenvalue weighted by atomic mass is 10.2. The second kappa shape index (κ2) is 7.55. The number of aromatic nitrogens is 1. The molecule has 0 radical (unpaired) electrons. The molecule has 1 aliphatic rings. The monoisotopic (exact) mass is 331 g/mol. The molecule has 3 rings (SSSR count). The van der Waals surface area contributed by atoms with Crippen molar-refractivity contribution in [3.63, 3.8) is 0 Å². The van der Waals surface area contributed by atoms with Crippen LogP contribution in [0.5, 0.6) is 0 Å². The van der Waals surface area contributed by atoms with E-state index in [4.69, 9.17) is 11.6 Å². The van der Waals surface area contributed by atoms with E-state index >= 15 is 0 Å². The van der Waals surface area contributed by atoms with Crippen LogP contribution in [0.2, 0.25) is 5.02 Å². The SMILES string of the molecule is O=C(CCCn1cccc1)N1CCN(c2cccc(Cl)c2)CC1. The Morgan fingerprint density at radius 3 is 2.48 bits per heavy atom. The Morgan fingerprint density at radius 2 is 1.78 bits per heavy atom. The fourth-order valence-electron chi connectivity index (χ4n) is 2.98. The maximum absolute atomic E-state index is 12.3. The third-order valence-corrected chi connectivity index (χ3v) is 4.51. The van der Waals surface area contributed by atoms with E-state index in [0.29, 0.717) is 6.42 Å². The molecule has 0 N–H and O–H groups in total. The molecule has 0 unspecified atom stereocenters. The number of carbonyl (C=O) groups excluding carboxylic acids is 1. The number of carbonyl (C=O) groups is 1. The smallest absolute Gasteiger partial charge is 0.222 e. The number of rotatable bonds is 5. The van der Waals surface area contributed by atoms with Crippen molar-refractivity contribution in [2.45, 2.75) is 19.4 Å². The van der Waals surface area contributed by atoms with E-state index in [-0.39, 0.29) is 5.91 Å². The zero-order valence-electron chi connectivity index (χ0n) is 13.2. The van der Waals surface area contributed by atoms with Gasteiger partial charge in [-0.05, 0) is 36.8 Å². The Bertz CT molecular complexity index is 633. The number of amides is 1. The minimum absolute atomic E-state index is 0.267. The molecule has 4 nitrogen and oxygen atoms in total. The van der Waals surface area contributed by atoms with Crippen LogP contribution in [0.25, 0.3) is 0 Å². The topological polar surface area (TPSA) is 28.5 Å². The Kier molecular flexibility index (Phi) is 5.23. The van der Waals surface area contributed by atoms with Crippen molar-refractivity contribution in [1.82, 2.24) is 9.47 Å². The summed E-state index contributed by atoms with van der Waals surface area (Å²) in [5, 5.41) is 0.756. The van der Waals surface area contributed by atoms with Crippen LogP contribution in [0.4, 0.5) is 5.69 Å². The molecule has 1 aromatic heterocycles. The van der Waals surface area contributed by atoms with Crippen LogP contribution < -0.4 is 4.90 Å². The van der Waals surface area contributed by atoms with Crippen LogP contribution in [-0.2, 0) is 11.3 Å². The molecular weight excluding hydrogens is 310 g/mol. The molecule has 0 aliphatic carbocycles. The molecule has 122 valence electrons. The van der Waals surface area contributed by atoms with Crippen LogP contribution in [-0.4, -0.2) is 41.6 Å². The van der Waals surface area contributed by atoms with Gasteiger partial charge in [-0.3, -0.25) is 4.79 Å². The number of nitrogens with zero attached hydrogens (tertiary/aromatic N) is 3. The van der Waals surface area contributed by atoms with Crippen molar-refractivity contribution in [2.24, 2.45) is 0 Å². The highest BCUT2D eigenvalue weighted by atomic mass is 35.5. The molecule has 0 spiro atoms. The zero-order chi connectivity index (χ0) is 16.1. The predicted molar refractivity (Wildman–Crippen MR) is 93.9 cm³/mol. The van der Waals surface area contributed by atoms with E-state index in [1.807, 2.05) is 47.6 Å². The first-order valence-corrected chi connectivity index (χ1v) is 8.49. The highest BCUT2D eigenvalue weighted by molar-refractivity contribution is 6.30. The quantitative estimate of drug-likeness (QED) is 0.841. The first-order valence-electron chi connectivity index (χ1n) is 8.11. The van der Waals surface area contributed by atoms with E-state index in [9.17, 15) is 4.79 Å². The van der Waals surface area contributed by atoms with Crippen LogP contribution in [0, 0.1) is 0 Å². The summed E-state index contributed by atoms with van der Waals surface area (Å²) in [6.07, 6.45) is 5.58. The third kappa shape index (κ3) is 4.29. The van der Waals surface area contributed by atoms with Crippen LogP contribution >= 0.6 is 11.6 Å². The molecule has 0 bridgehead atoms. The summed E-state index contributed by atoms with van der Waals surface area (Å²) in [7, 11) is 0. The molecule has 0 atom stereocenters. The second-order valence-electron chi connectivity index (χ2n) is 5.87. The molecule has 1 amide bonds. The average molecular weight is 332 g/mol. The summed E-state index contributed by atoms with van der Waals surface area (Å²) in [6, 6.07) is 11.9. The summed E-state index contributed by atoms with van der Waals surface area (Å²) < 4.78 is 2.12. The van der Waals surface area contributed by atoms with Crippen LogP contribution in [0.15, 0.2) is 48.8 Å². The number of hydrogen-bond donors (Lipinski definition) is 0. The minimum atomic E-state index is 0.267. The van der Waals surface area contributed by atoms with Gasteiger partial charge in [0.05, 0.1) is 0 Å². The van der Waals surface area contributed by atoms with Crippen molar-refractivity contribution in [1.29, 1.82) is 0 Å². The van der Waals surface area contributed by atoms with Gasteiger partial charge in [0.15, 0.2) is 0 Å². The molecule has 23 heavy (non-hydrogen) atoms. The predicted octanol–water partition coefficient (Wildman–Crippen LogP) is 3.27. The molecule has 1 aliphatic heterocycles. The molecule has 5 heteroatoms. The van der Waals surface area contributed by atoms with E-state index in [1.54, 1.807) is 0 Å². The second-order valence-corrected chi connectivity index (χ2v) is 6.31. The van der Waals surface area contributed by atoms with Gasteiger partial charge >= 0.3 is 0 Å². The maximum atomic E-state index is 12.3. The van der Waals surface area contributed by atoms with Crippen molar-refractivity contribution >= 4 is 23.2 Å². The Balaban J connectivity index is 1.44. The van der Waals surface area contributed by atoms with Crippen LogP contribution in [0.1, 0.15) is 12.8 Å². The Morgan fingerprint density at radius 1 is 1.04 bits per heavy atom. The molecular formula is C18H22ClN3O. The third-order valence-electron chi connectivity index (χ3n) is 4.28. The van der Waals surface area contributed by atoms with Crippen LogP contribution in [0.3, 0.4) is 0 Å². The van der Waals surface area contributed by atoms with Gasteiger partial charge in [-0.15, -0.1) is 0 Å². The van der Waals surface area contributed by atoms with Gasteiger partial charge in [0.2, 0.25) is 5.91 Å². The largest absolute Gasteiger partial charge is 0.368 e. The minimum Gasteiger partial charge on any atom is -0.368 e. The van der Waals surface area contributed by atoms with Gasteiger partial charge in [0.25, 0.3) is 0 Å². The Labute approximate surface area is 142 Å². The fraction of sp³-hybridized carbons (Fsp3) is 0.389. The summed E-state index contributed by atoms with van der Waals surface area (Å²) >= 11 is 6.05. The lowest BCUT2D eigenvalue weighted by Crippen LogP contribution is -2.48. The van der Waals surface area contributed by atoms with Gasteiger partial charge in [-0.2, -0.15) is 0 Å². The summed E-state index contributed by atoms with van der Waals surface area (Å²) in [6.45, 7) is 4.21. The molecule has 2 aromatic rings. The number of aryl methyl sites for hydroxylation is 1. The van der Waals surface area contributed by atoms with Gasteiger partial charge in [0, 0.05) is 62.2 Å². The zero-order valence-corrected chi connectivity index (χ0v) is 14.0. The van der Waals surface area contributed by atoms with Crippen molar-refractivity contribution in [3.05, 3.63) is 53.8 Å².